The molecule has 0 saturated carbocycles. The molecule has 0 bridgehead atoms. The van der Waals surface area contributed by atoms with Gasteiger partial charge in [-0.05, 0) is 31.7 Å². The van der Waals surface area contributed by atoms with E-state index in [1.807, 2.05) is 37.3 Å². The summed E-state index contributed by atoms with van der Waals surface area (Å²) in [4.78, 5) is 22.8. The number of rotatable bonds is 10. The molecule has 2 amide bonds. The molecule has 0 aliphatic rings. The van der Waals surface area contributed by atoms with E-state index in [9.17, 15) is 9.59 Å². The third-order valence-corrected chi connectivity index (χ3v) is 3.50. The van der Waals surface area contributed by atoms with Gasteiger partial charge in [0.15, 0.2) is 0 Å². The summed E-state index contributed by atoms with van der Waals surface area (Å²) in [6.45, 7) is 2.48. The minimum Gasteiger partial charge on any atom is -0.481 e. The highest BCUT2D eigenvalue weighted by Gasteiger charge is 2.16. The number of nitrogens with one attached hydrogen (secondary N) is 2. The van der Waals surface area contributed by atoms with Gasteiger partial charge in [0.1, 0.15) is 0 Å². The third-order valence-electron chi connectivity index (χ3n) is 3.50. The Bertz CT molecular complexity index is 479. The Hall–Kier alpha value is -2.08. The molecule has 0 aliphatic heterocycles. The largest absolute Gasteiger partial charge is 0.481 e. The number of urea groups is 1. The predicted octanol–water partition coefficient (Wildman–Crippen LogP) is 2.19. The topological polar surface area (TPSA) is 87.7 Å². The van der Waals surface area contributed by atoms with Crippen LogP contribution in [0.5, 0.6) is 0 Å². The zero-order valence-electron chi connectivity index (χ0n) is 13.7. The van der Waals surface area contributed by atoms with Crippen molar-refractivity contribution in [3.63, 3.8) is 0 Å². The lowest BCUT2D eigenvalue weighted by atomic mass is 10.0. The van der Waals surface area contributed by atoms with Crippen molar-refractivity contribution in [3.8, 4) is 0 Å². The molecular formula is C17H26N2O4. The van der Waals surface area contributed by atoms with E-state index >= 15 is 0 Å². The van der Waals surface area contributed by atoms with Gasteiger partial charge in [-0.25, -0.2) is 4.79 Å². The van der Waals surface area contributed by atoms with Gasteiger partial charge >= 0.3 is 12.0 Å². The molecule has 23 heavy (non-hydrogen) atoms. The van der Waals surface area contributed by atoms with Crippen molar-refractivity contribution >= 4 is 12.0 Å². The molecule has 1 aromatic rings. The second kappa shape index (κ2) is 10.6. The Morgan fingerprint density at radius 3 is 2.48 bits per heavy atom. The maximum atomic E-state index is 12.1. The van der Waals surface area contributed by atoms with Gasteiger partial charge in [0, 0.05) is 32.2 Å². The van der Waals surface area contributed by atoms with Crippen LogP contribution in [-0.2, 0) is 16.0 Å². The normalized spacial score (nSPS) is 13.1. The van der Waals surface area contributed by atoms with Crippen LogP contribution in [-0.4, -0.2) is 42.9 Å². The first-order valence-corrected chi connectivity index (χ1v) is 7.83. The molecule has 0 saturated heterocycles. The van der Waals surface area contributed by atoms with Crippen LogP contribution in [0.4, 0.5) is 4.79 Å². The zero-order chi connectivity index (χ0) is 17.1. The summed E-state index contributed by atoms with van der Waals surface area (Å²) in [6, 6.07) is 9.21. The molecule has 0 radical (unpaired) electrons. The molecular weight excluding hydrogens is 296 g/mol. The molecule has 1 rings (SSSR count). The van der Waals surface area contributed by atoms with Crippen LogP contribution in [0.2, 0.25) is 0 Å². The van der Waals surface area contributed by atoms with Crippen LogP contribution >= 0.6 is 0 Å². The van der Waals surface area contributed by atoms with Gasteiger partial charge in [-0.2, -0.15) is 0 Å². The number of ether oxygens (including phenoxy) is 1. The minimum absolute atomic E-state index is 0.00759. The lowest BCUT2D eigenvalue weighted by molar-refractivity contribution is -0.137. The Balaban J connectivity index is 2.54. The van der Waals surface area contributed by atoms with Gasteiger partial charge in [-0.15, -0.1) is 0 Å². The molecule has 2 unspecified atom stereocenters. The van der Waals surface area contributed by atoms with Crippen LogP contribution in [0.15, 0.2) is 30.3 Å². The van der Waals surface area contributed by atoms with E-state index in [1.165, 1.54) is 0 Å². The Morgan fingerprint density at radius 1 is 1.17 bits per heavy atom. The van der Waals surface area contributed by atoms with E-state index in [0.717, 1.165) is 12.0 Å². The molecule has 0 spiro atoms. The van der Waals surface area contributed by atoms with Crippen LogP contribution < -0.4 is 10.6 Å². The average Bonchev–Trinajstić information content (AvgIpc) is 2.51. The fraction of sp³-hybridized carbons (Fsp3) is 0.529. The van der Waals surface area contributed by atoms with Crippen molar-refractivity contribution in [1.29, 1.82) is 0 Å². The summed E-state index contributed by atoms with van der Waals surface area (Å²) in [5.41, 5.74) is 1.07. The van der Waals surface area contributed by atoms with Gasteiger partial charge < -0.3 is 20.5 Å². The van der Waals surface area contributed by atoms with Crippen molar-refractivity contribution in [2.45, 2.75) is 44.7 Å². The molecule has 0 fully saturated rings. The first-order valence-electron chi connectivity index (χ1n) is 7.83. The summed E-state index contributed by atoms with van der Waals surface area (Å²) < 4.78 is 4.98. The SMILES string of the molecule is COCCC(C)NC(=O)NC(CCC(=O)O)Cc1ccccc1. The molecule has 128 valence electrons. The number of hydrogen-bond acceptors (Lipinski definition) is 3. The van der Waals surface area contributed by atoms with Crippen molar-refractivity contribution < 1.29 is 19.4 Å². The van der Waals surface area contributed by atoms with Crippen molar-refractivity contribution in [1.82, 2.24) is 10.6 Å². The first-order chi connectivity index (χ1) is 11.0. The van der Waals surface area contributed by atoms with E-state index in [0.29, 0.717) is 19.4 Å². The van der Waals surface area contributed by atoms with E-state index in [4.69, 9.17) is 9.84 Å². The Labute approximate surface area is 137 Å². The molecule has 3 N–H and O–H groups in total. The second-order valence-corrected chi connectivity index (χ2v) is 5.62. The number of benzene rings is 1. The summed E-state index contributed by atoms with van der Waals surface area (Å²) in [5, 5.41) is 14.6. The zero-order valence-corrected chi connectivity index (χ0v) is 13.7. The van der Waals surface area contributed by atoms with Crippen molar-refractivity contribution in [3.05, 3.63) is 35.9 Å². The van der Waals surface area contributed by atoms with Crippen molar-refractivity contribution in [2.75, 3.05) is 13.7 Å². The van der Waals surface area contributed by atoms with Crippen LogP contribution in [0.1, 0.15) is 31.7 Å². The summed E-state index contributed by atoms with van der Waals surface area (Å²) in [5.74, 6) is -0.862. The smallest absolute Gasteiger partial charge is 0.315 e. The van der Waals surface area contributed by atoms with E-state index in [-0.39, 0.29) is 24.5 Å². The third kappa shape index (κ3) is 8.83. The fourth-order valence-electron chi connectivity index (χ4n) is 2.24. The molecule has 6 heteroatoms. The van der Waals surface area contributed by atoms with Gasteiger partial charge in [-0.1, -0.05) is 30.3 Å². The summed E-state index contributed by atoms with van der Waals surface area (Å²) in [6.07, 6.45) is 1.75. The van der Waals surface area contributed by atoms with Crippen LogP contribution in [0.25, 0.3) is 0 Å². The van der Waals surface area contributed by atoms with E-state index in [2.05, 4.69) is 10.6 Å². The van der Waals surface area contributed by atoms with Gasteiger partial charge in [0.25, 0.3) is 0 Å². The number of carboxylic acids is 1. The highest BCUT2D eigenvalue weighted by Crippen LogP contribution is 2.08. The van der Waals surface area contributed by atoms with Gasteiger partial charge in [-0.3, -0.25) is 4.79 Å². The average molecular weight is 322 g/mol. The number of methoxy groups -OCH3 is 1. The maximum Gasteiger partial charge on any atom is 0.315 e. The molecule has 0 heterocycles. The van der Waals surface area contributed by atoms with Crippen molar-refractivity contribution in [2.24, 2.45) is 0 Å². The number of carboxylic acid groups (broad SMARTS) is 1. The molecule has 0 aromatic heterocycles. The standard InChI is InChI=1S/C17H26N2O4/c1-13(10-11-23-2)18-17(22)19-15(8-9-16(20)21)12-14-6-4-3-5-7-14/h3-7,13,15H,8-12H2,1-2H3,(H,20,21)(H2,18,19,22). The van der Waals surface area contributed by atoms with Gasteiger partial charge in [0.05, 0.1) is 0 Å². The summed E-state index contributed by atoms with van der Waals surface area (Å²) in [7, 11) is 1.62. The Morgan fingerprint density at radius 2 is 1.87 bits per heavy atom. The van der Waals surface area contributed by atoms with Crippen LogP contribution in [0, 0.1) is 0 Å². The second-order valence-electron chi connectivity index (χ2n) is 5.62. The van der Waals surface area contributed by atoms with Crippen LogP contribution in [0.3, 0.4) is 0 Å². The fourth-order valence-corrected chi connectivity index (χ4v) is 2.24. The summed E-state index contributed by atoms with van der Waals surface area (Å²) >= 11 is 0. The number of carbonyl (C=O) groups is 2. The number of carbonyl (C=O) groups excluding carboxylic acids is 1. The maximum absolute atomic E-state index is 12.1. The van der Waals surface area contributed by atoms with Gasteiger partial charge in [0.2, 0.25) is 0 Å². The monoisotopic (exact) mass is 322 g/mol. The number of aliphatic carboxylic acids is 1. The van der Waals surface area contributed by atoms with E-state index < -0.39 is 5.97 Å². The highest BCUT2D eigenvalue weighted by molar-refractivity contribution is 5.74. The molecule has 2 atom stereocenters. The lowest BCUT2D eigenvalue weighted by Gasteiger charge is -2.21. The van der Waals surface area contributed by atoms with E-state index in [1.54, 1.807) is 7.11 Å². The lowest BCUT2D eigenvalue weighted by Crippen LogP contribution is -2.46. The molecule has 1 aromatic carbocycles. The minimum atomic E-state index is -0.862. The number of amides is 2. The number of hydrogen-bond donors (Lipinski definition) is 3. The quantitative estimate of drug-likeness (QED) is 0.616. The molecule has 0 aliphatic carbocycles. The Kier molecular flexibility index (Phi) is 8.75. The molecule has 6 nitrogen and oxygen atoms in total. The predicted molar refractivity (Wildman–Crippen MR) is 88.4 cm³/mol. The highest BCUT2D eigenvalue weighted by atomic mass is 16.5. The first kappa shape index (κ1) is 19.0.